The van der Waals surface area contributed by atoms with E-state index < -0.39 is 22.8 Å². The first-order valence-electron chi connectivity index (χ1n) is 8.09. The minimum absolute atomic E-state index is 0.0469. The Kier molecular flexibility index (Phi) is 6.42. The summed E-state index contributed by atoms with van der Waals surface area (Å²) in [7, 11) is 0. The van der Waals surface area contributed by atoms with E-state index in [9.17, 15) is 19.7 Å². The number of nitro benzene ring substituents is 1. The van der Waals surface area contributed by atoms with Gasteiger partial charge >= 0.3 is 11.9 Å². The van der Waals surface area contributed by atoms with Crippen LogP contribution in [0.15, 0.2) is 41.1 Å². The van der Waals surface area contributed by atoms with Crippen LogP contribution >= 0.6 is 0 Å². The summed E-state index contributed by atoms with van der Waals surface area (Å²) in [6.45, 7) is 3.74. The van der Waals surface area contributed by atoms with E-state index in [0.717, 1.165) is 0 Å². The van der Waals surface area contributed by atoms with Gasteiger partial charge in [0.15, 0.2) is 0 Å². The monoisotopic (exact) mass is 361 g/mol. The first-order chi connectivity index (χ1) is 12.5. The second-order valence-corrected chi connectivity index (χ2v) is 5.35. The van der Waals surface area contributed by atoms with Crippen LogP contribution in [0.25, 0.3) is 0 Å². The Labute approximate surface area is 149 Å². The molecule has 9 heteroatoms. The number of rotatable bonds is 6. The third-order valence-corrected chi connectivity index (χ3v) is 3.63. The molecule has 0 bridgehead atoms. The van der Waals surface area contributed by atoms with Crippen LogP contribution in [0.2, 0.25) is 0 Å². The van der Waals surface area contributed by atoms with Crippen molar-refractivity contribution in [1.29, 1.82) is 0 Å². The van der Waals surface area contributed by atoms with Gasteiger partial charge in [-0.25, -0.2) is 9.59 Å². The molecule has 1 aliphatic heterocycles. The van der Waals surface area contributed by atoms with Crippen LogP contribution in [0.1, 0.15) is 31.7 Å². The van der Waals surface area contributed by atoms with Crippen molar-refractivity contribution in [3.05, 3.63) is 51.7 Å². The van der Waals surface area contributed by atoms with Gasteiger partial charge in [-0.05, 0) is 25.5 Å². The third kappa shape index (κ3) is 4.65. The van der Waals surface area contributed by atoms with Crippen molar-refractivity contribution >= 4 is 23.3 Å². The SMILES string of the molecule is CCOC(=O)C1=CC(c2ccc([N+](=O)[O-])cc2)CC(C(=O)OCC)=NN1. The zero-order chi connectivity index (χ0) is 19.1. The van der Waals surface area contributed by atoms with Crippen molar-refractivity contribution in [2.75, 3.05) is 13.2 Å². The second-order valence-electron chi connectivity index (χ2n) is 5.35. The predicted molar refractivity (Wildman–Crippen MR) is 92.4 cm³/mol. The predicted octanol–water partition coefficient (Wildman–Crippen LogP) is 2.04. The molecule has 1 aromatic rings. The molecule has 2 rings (SSSR count). The van der Waals surface area contributed by atoms with Crippen LogP contribution in [-0.2, 0) is 19.1 Å². The molecule has 0 saturated carbocycles. The molecule has 0 aliphatic carbocycles. The number of nitrogens with one attached hydrogen (secondary N) is 1. The number of nitro groups is 1. The molecule has 1 N–H and O–H groups in total. The Bertz CT molecular complexity index is 754. The summed E-state index contributed by atoms with van der Waals surface area (Å²) in [5.74, 6) is -1.60. The molecule has 0 spiro atoms. The van der Waals surface area contributed by atoms with Crippen LogP contribution in [0.3, 0.4) is 0 Å². The number of carbonyl (C=O) groups excluding carboxylic acids is 2. The number of esters is 2. The number of hydrogen-bond donors (Lipinski definition) is 1. The summed E-state index contributed by atoms with van der Waals surface area (Å²) in [5.41, 5.74) is 3.40. The van der Waals surface area contributed by atoms with Crippen molar-refractivity contribution in [2.24, 2.45) is 5.10 Å². The molecule has 26 heavy (non-hydrogen) atoms. The van der Waals surface area contributed by atoms with E-state index in [4.69, 9.17) is 9.47 Å². The van der Waals surface area contributed by atoms with E-state index in [1.165, 1.54) is 12.1 Å². The maximum atomic E-state index is 12.1. The van der Waals surface area contributed by atoms with E-state index in [1.54, 1.807) is 32.1 Å². The Morgan fingerprint density at radius 1 is 1.19 bits per heavy atom. The van der Waals surface area contributed by atoms with Gasteiger partial charge in [-0.15, -0.1) is 0 Å². The first kappa shape index (κ1) is 19.1. The number of non-ortho nitro benzene ring substituents is 1. The highest BCUT2D eigenvalue weighted by Crippen LogP contribution is 2.27. The van der Waals surface area contributed by atoms with Crippen LogP contribution in [0, 0.1) is 10.1 Å². The first-order valence-corrected chi connectivity index (χ1v) is 8.09. The molecule has 0 aromatic heterocycles. The highest BCUT2D eigenvalue weighted by atomic mass is 16.6. The molecular formula is C17H19N3O6. The Morgan fingerprint density at radius 2 is 1.81 bits per heavy atom. The van der Waals surface area contributed by atoms with Crippen molar-refractivity contribution in [3.63, 3.8) is 0 Å². The fourth-order valence-corrected chi connectivity index (χ4v) is 2.40. The van der Waals surface area contributed by atoms with Crippen LogP contribution in [-0.4, -0.2) is 35.8 Å². The van der Waals surface area contributed by atoms with Crippen molar-refractivity contribution < 1.29 is 24.0 Å². The van der Waals surface area contributed by atoms with Gasteiger partial charge in [-0.3, -0.25) is 15.5 Å². The summed E-state index contributed by atoms with van der Waals surface area (Å²) in [6.07, 6.45) is 1.77. The average Bonchev–Trinajstić information content (AvgIpc) is 2.85. The number of hydrazone groups is 1. The van der Waals surface area contributed by atoms with E-state index >= 15 is 0 Å². The largest absolute Gasteiger partial charge is 0.461 e. The van der Waals surface area contributed by atoms with E-state index in [2.05, 4.69) is 10.5 Å². The third-order valence-electron chi connectivity index (χ3n) is 3.63. The van der Waals surface area contributed by atoms with Crippen LogP contribution in [0.5, 0.6) is 0 Å². The summed E-state index contributed by atoms with van der Waals surface area (Å²) in [5, 5.41) is 14.8. The normalized spacial score (nSPS) is 16.5. The Hall–Kier alpha value is -3.23. The summed E-state index contributed by atoms with van der Waals surface area (Å²) in [4.78, 5) is 34.4. The zero-order valence-electron chi connectivity index (χ0n) is 14.4. The number of ether oxygens (including phenoxy) is 2. The molecular weight excluding hydrogens is 342 g/mol. The molecule has 1 atom stereocenters. The van der Waals surface area contributed by atoms with Crippen molar-refractivity contribution in [2.45, 2.75) is 26.2 Å². The van der Waals surface area contributed by atoms with Gasteiger partial charge in [0.25, 0.3) is 5.69 Å². The fraction of sp³-hybridized carbons (Fsp3) is 0.353. The molecule has 1 heterocycles. The molecule has 9 nitrogen and oxygen atoms in total. The number of allylic oxidation sites excluding steroid dienone is 1. The molecule has 0 saturated heterocycles. The molecule has 1 aromatic carbocycles. The van der Waals surface area contributed by atoms with E-state index in [0.29, 0.717) is 5.56 Å². The second kappa shape index (κ2) is 8.75. The lowest BCUT2D eigenvalue weighted by Gasteiger charge is -2.12. The zero-order valence-corrected chi connectivity index (χ0v) is 14.4. The highest BCUT2D eigenvalue weighted by Gasteiger charge is 2.25. The molecule has 0 fully saturated rings. The molecule has 0 radical (unpaired) electrons. The van der Waals surface area contributed by atoms with Gasteiger partial charge < -0.3 is 9.47 Å². The van der Waals surface area contributed by atoms with Crippen molar-refractivity contribution in [1.82, 2.24) is 5.43 Å². The minimum Gasteiger partial charge on any atom is -0.461 e. The smallest absolute Gasteiger partial charge is 0.355 e. The maximum Gasteiger partial charge on any atom is 0.355 e. The van der Waals surface area contributed by atoms with Gasteiger partial charge in [-0.1, -0.05) is 12.1 Å². The lowest BCUT2D eigenvalue weighted by atomic mass is 9.92. The van der Waals surface area contributed by atoms with Gasteiger partial charge in [0, 0.05) is 24.5 Å². The average molecular weight is 361 g/mol. The minimum atomic E-state index is -0.603. The standard InChI is InChI=1S/C17H19N3O6/c1-3-25-16(21)14-9-12(10-15(19-18-14)17(22)26-4-2)11-5-7-13(8-6-11)20(23)24/h5-9,12,18H,3-4,10H2,1-2H3. The van der Waals surface area contributed by atoms with Crippen LogP contribution in [0.4, 0.5) is 5.69 Å². The topological polar surface area (TPSA) is 120 Å². The molecule has 1 unspecified atom stereocenters. The van der Waals surface area contributed by atoms with Crippen LogP contribution < -0.4 is 5.43 Å². The summed E-state index contributed by atoms with van der Waals surface area (Å²) >= 11 is 0. The Balaban J connectivity index is 2.36. The number of benzene rings is 1. The van der Waals surface area contributed by atoms with Crippen molar-refractivity contribution in [3.8, 4) is 0 Å². The van der Waals surface area contributed by atoms with E-state index in [1.807, 2.05) is 0 Å². The number of carbonyl (C=O) groups is 2. The summed E-state index contributed by atoms with van der Waals surface area (Å²) < 4.78 is 9.95. The van der Waals surface area contributed by atoms with Gasteiger partial charge in [0.1, 0.15) is 11.4 Å². The van der Waals surface area contributed by atoms with E-state index in [-0.39, 0.29) is 36.7 Å². The van der Waals surface area contributed by atoms with Gasteiger partial charge in [0.05, 0.1) is 18.1 Å². The summed E-state index contributed by atoms with van der Waals surface area (Å²) in [6, 6.07) is 5.89. The number of hydrogen-bond acceptors (Lipinski definition) is 8. The lowest BCUT2D eigenvalue weighted by Crippen LogP contribution is -2.22. The van der Waals surface area contributed by atoms with Gasteiger partial charge in [0.2, 0.25) is 0 Å². The highest BCUT2D eigenvalue weighted by molar-refractivity contribution is 6.36. The Morgan fingerprint density at radius 3 is 2.38 bits per heavy atom. The molecule has 138 valence electrons. The number of nitrogens with zero attached hydrogens (tertiary/aromatic N) is 2. The molecule has 1 aliphatic rings. The molecule has 0 amide bonds. The fourth-order valence-electron chi connectivity index (χ4n) is 2.40. The van der Waals surface area contributed by atoms with Gasteiger partial charge in [-0.2, -0.15) is 5.10 Å². The lowest BCUT2D eigenvalue weighted by molar-refractivity contribution is -0.384. The quantitative estimate of drug-likeness (QED) is 0.467. The maximum absolute atomic E-state index is 12.1.